The molecule has 1 aromatic rings. The van der Waals surface area contributed by atoms with Gasteiger partial charge in [0.2, 0.25) is 0 Å². The van der Waals surface area contributed by atoms with Crippen LogP contribution in [0.15, 0.2) is 6.07 Å². The molecule has 0 unspecified atom stereocenters. The Bertz CT molecular complexity index is 359. The van der Waals surface area contributed by atoms with Crippen molar-refractivity contribution in [3.8, 4) is 0 Å². The van der Waals surface area contributed by atoms with Crippen LogP contribution in [-0.4, -0.2) is 11.3 Å². The fourth-order valence-electron chi connectivity index (χ4n) is 0.920. The minimum Gasteiger partial charge on any atom is -0.298 e. The summed E-state index contributed by atoms with van der Waals surface area (Å²) in [6, 6.07) is 1.19. The zero-order valence-electron chi connectivity index (χ0n) is 6.81. The van der Waals surface area contributed by atoms with Gasteiger partial charge in [0.1, 0.15) is 5.69 Å². The SMILES string of the molecule is O=Cc1cc(Cl)c(CBr)nc1C(F)F. The highest BCUT2D eigenvalue weighted by Gasteiger charge is 2.17. The molecule has 1 aromatic heterocycles. The molecule has 0 atom stereocenters. The Kier molecular flexibility index (Phi) is 3.95. The maximum absolute atomic E-state index is 12.4. The number of hydrogen-bond donors (Lipinski definition) is 0. The molecule has 0 fully saturated rings. The van der Waals surface area contributed by atoms with Gasteiger partial charge in [-0.3, -0.25) is 4.79 Å². The van der Waals surface area contributed by atoms with Crippen molar-refractivity contribution in [3.63, 3.8) is 0 Å². The average molecular weight is 284 g/mol. The van der Waals surface area contributed by atoms with Crippen LogP contribution in [0.1, 0.15) is 28.2 Å². The van der Waals surface area contributed by atoms with Crippen LogP contribution < -0.4 is 0 Å². The van der Waals surface area contributed by atoms with Crippen LogP contribution in [0, 0.1) is 0 Å². The largest absolute Gasteiger partial charge is 0.298 e. The molecule has 0 aliphatic carbocycles. The molecule has 0 bridgehead atoms. The van der Waals surface area contributed by atoms with Gasteiger partial charge in [0.15, 0.2) is 6.29 Å². The maximum atomic E-state index is 12.4. The zero-order valence-corrected chi connectivity index (χ0v) is 9.15. The zero-order chi connectivity index (χ0) is 10.7. The Morgan fingerprint density at radius 3 is 2.71 bits per heavy atom. The fraction of sp³-hybridized carbons (Fsp3) is 0.250. The highest BCUT2D eigenvalue weighted by molar-refractivity contribution is 9.08. The molecule has 1 rings (SSSR count). The Balaban J connectivity index is 3.32. The second-order valence-corrected chi connectivity index (χ2v) is 3.41. The van der Waals surface area contributed by atoms with Gasteiger partial charge in [-0.1, -0.05) is 27.5 Å². The van der Waals surface area contributed by atoms with Crippen LogP contribution >= 0.6 is 27.5 Å². The van der Waals surface area contributed by atoms with E-state index < -0.39 is 12.1 Å². The molecule has 14 heavy (non-hydrogen) atoms. The van der Waals surface area contributed by atoms with Gasteiger partial charge in [-0.15, -0.1) is 0 Å². The Labute approximate surface area is 92.4 Å². The van der Waals surface area contributed by atoms with Crippen LogP contribution in [-0.2, 0) is 5.33 Å². The molecule has 0 N–H and O–H groups in total. The van der Waals surface area contributed by atoms with Crippen molar-refractivity contribution in [2.45, 2.75) is 11.8 Å². The highest BCUT2D eigenvalue weighted by Crippen LogP contribution is 2.25. The first-order chi connectivity index (χ1) is 6.60. The third-order valence-electron chi connectivity index (χ3n) is 1.57. The number of rotatable bonds is 3. The summed E-state index contributed by atoms with van der Waals surface area (Å²) >= 11 is 8.75. The summed E-state index contributed by atoms with van der Waals surface area (Å²) in [7, 11) is 0. The fourth-order valence-corrected chi connectivity index (χ4v) is 1.74. The van der Waals surface area contributed by atoms with Crippen molar-refractivity contribution in [1.82, 2.24) is 4.98 Å². The molecule has 0 saturated heterocycles. The summed E-state index contributed by atoms with van der Waals surface area (Å²) in [5.41, 5.74) is -0.402. The lowest BCUT2D eigenvalue weighted by atomic mass is 10.2. The topological polar surface area (TPSA) is 30.0 Å². The molecule has 0 saturated carbocycles. The molecule has 0 radical (unpaired) electrons. The smallest absolute Gasteiger partial charge is 0.281 e. The molecular formula is C8H5BrClF2NO. The molecule has 0 amide bonds. The van der Waals surface area contributed by atoms with Crippen molar-refractivity contribution in [2.24, 2.45) is 0 Å². The van der Waals surface area contributed by atoms with Crippen LogP contribution in [0.25, 0.3) is 0 Å². The second-order valence-electron chi connectivity index (χ2n) is 2.44. The minimum atomic E-state index is -2.77. The number of halogens is 4. The predicted molar refractivity (Wildman–Crippen MR) is 52.2 cm³/mol. The molecule has 0 aliphatic rings. The normalized spacial score (nSPS) is 10.6. The first-order valence-electron chi connectivity index (χ1n) is 3.58. The maximum Gasteiger partial charge on any atom is 0.281 e. The van der Waals surface area contributed by atoms with Gasteiger partial charge in [-0.05, 0) is 6.07 Å². The second kappa shape index (κ2) is 4.79. The van der Waals surface area contributed by atoms with Gasteiger partial charge in [0, 0.05) is 10.9 Å². The molecule has 1 heterocycles. The average Bonchev–Trinajstić information content (AvgIpc) is 2.16. The molecule has 0 aromatic carbocycles. The number of aromatic nitrogens is 1. The lowest BCUT2D eigenvalue weighted by Crippen LogP contribution is -2.01. The summed E-state index contributed by atoms with van der Waals surface area (Å²) in [6.45, 7) is 0. The van der Waals surface area contributed by atoms with Crippen LogP contribution in [0.3, 0.4) is 0 Å². The van der Waals surface area contributed by atoms with Crippen LogP contribution in [0.5, 0.6) is 0 Å². The van der Waals surface area contributed by atoms with Crippen LogP contribution in [0.4, 0.5) is 8.78 Å². The van der Waals surface area contributed by atoms with Crippen molar-refractivity contribution in [1.29, 1.82) is 0 Å². The van der Waals surface area contributed by atoms with Gasteiger partial charge in [0.25, 0.3) is 6.43 Å². The predicted octanol–water partition coefficient (Wildman–Crippen LogP) is 3.38. The number of pyridine rings is 1. The van der Waals surface area contributed by atoms with Gasteiger partial charge >= 0.3 is 0 Å². The summed E-state index contributed by atoms with van der Waals surface area (Å²) in [6.07, 6.45) is -2.46. The van der Waals surface area contributed by atoms with E-state index in [4.69, 9.17) is 11.6 Å². The Morgan fingerprint density at radius 1 is 1.64 bits per heavy atom. The first-order valence-corrected chi connectivity index (χ1v) is 5.08. The number of hydrogen-bond acceptors (Lipinski definition) is 2. The van der Waals surface area contributed by atoms with E-state index >= 15 is 0 Å². The number of carbonyl (C=O) groups excluding carboxylic acids is 1. The first kappa shape index (κ1) is 11.5. The van der Waals surface area contributed by atoms with E-state index in [0.717, 1.165) is 0 Å². The monoisotopic (exact) mass is 283 g/mol. The van der Waals surface area contributed by atoms with Crippen molar-refractivity contribution in [3.05, 3.63) is 28.0 Å². The quantitative estimate of drug-likeness (QED) is 0.629. The van der Waals surface area contributed by atoms with Gasteiger partial charge < -0.3 is 0 Å². The van der Waals surface area contributed by atoms with E-state index in [1.54, 1.807) is 0 Å². The summed E-state index contributed by atoms with van der Waals surface area (Å²) in [5.74, 6) is 0. The van der Waals surface area contributed by atoms with Crippen molar-refractivity contribution in [2.75, 3.05) is 0 Å². The molecule has 2 nitrogen and oxygen atoms in total. The van der Waals surface area contributed by atoms with Crippen molar-refractivity contribution < 1.29 is 13.6 Å². The lowest BCUT2D eigenvalue weighted by Gasteiger charge is -2.06. The van der Waals surface area contributed by atoms with Gasteiger partial charge in [-0.25, -0.2) is 13.8 Å². The molecule has 0 spiro atoms. The number of nitrogens with zero attached hydrogens (tertiary/aromatic N) is 1. The molecule has 0 aliphatic heterocycles. The van der Waals surface area contributed by atoms with Gasteiger partial charge in [0.05, 0.1) is 10.7 Å². The third kappa shape index (κ3) is 2.27. The minimum absolute atomic E-state index is 0.172. The standard InChI is InChI=1S/C8H5BrClF2NO/c9-2-6-5(10)1-4(3-14)7(13-6)8(11)12/h1,3,8H,2H2. The Morgan fingerprint density at radius 2 is 2.29 bits per heavy atom. The van der Waals surface area contributed by atoms with E-state index in [2.05, 4.69) is 20.9 Å². The van der Waals surface area contributed by atoms with Gasteiger partial charge in [-0.2, -0.15) is 0 Å². The number of aldehydes is 1. The molecule has 76 valence electrons. The number of alkyl halides is 3. The van der Waals surface area contributed by atoms with Crippen molar-refractivity contribution >= 4 is 33.8 Å². The Hall–Kier alpha value is -0.550. The van der Waals surface area contributed by atoms with E-state index in [9.17, 15) is 13.6 Å². The van der Waals surface area contributed by atoms with E-state index in [1.165, 1.54) is 6.07 Å². The van der Waals surface area contributed by atoms with E-state index in [0.29, 0.717) is 12.0 Å². The summed E-state index contributed by atoms with van der Waals surface area (Å²) in [5, 5.41) is 0.471. The van der Waals surface area contributed by atoms with E-state index in [-0.39, 0.29) is 15.9 Å². The molecule has 6 heteroatoms. The summed E-state index contributed by atoms with van der Waals surface area (Å²) < 4.78 is 24.8. The third-order valence-corrected chi connectivity index (χ3v) is 2.43. The highest BCUT2D eigenvalue weighted by atomic mass is 79.9. The molecular weight excluding hydrogens is 279 g/mol. The number of carbonyl (C=O) groups is 1. The van der Waals surface area contributed by atoms with Crippen LogP contribution in [0.2, 0.25) is 5.02 Å². The summed E-state index contributed by atoms with van der Waals surface area (Å²) in [4.78, 5) is 14.0. The van der Waals surface area contributed by atoms with E-state index in [1.807, 2.05) is 0 Å². The lowest BCUT2D eigenvalue weighted by molar-refractivity contribution is 0.110.